The van der Waals surface area contributed by atoms with Crippen LogP contribution in [-0.4, -0.2) is 41.2 Å². The molecule has 8 heteroatoms. The van der Waals surface area contributed by atoms with Crippen molar-refractivity contribution in [2.75, 3.05) is 6.54 Å². The SMILES string of the molecule is O=CN(CCCC[C@@H](NC(=O)OCc1ccccc1)C(=O)O)OCc1ccccc1. The third kappa shape index (κ3) is 8.74. The van der Waals surface area contributed by atoms with Gasteiger partial charge in [0, 0.05) is 6.54 Å². The molecule has 2 N–H and O–H groups in total. The average Bonchev–Trinajstić information content (AvgIpc) is 2.77. The number of benzene rings is 2. The Morgan fingerprint density at radius 2 is 1.57 bits per heavy atom. The molecule has 0 aliphatic carbocycles. The number of alkyl carbamates (subject to hydrolysis) is 1. The molecule has 2 aromatic carbocycles. The Morgan fingerprint density at radius 1 is 0.967 bits per heavy atom. The van der Waals surface area contributed by atoms with Gasteiger partial charge in [-0.15, -0.1) is 0 Å². The van der Waals surface area contributed by atoms with Crippen molar-refractivity contribution in [3.63, 3.8) is 0 Å². The minimum Gasteiger partial charge on any atom is -0.480 e. The van der Waals surface area contributed by atoms with E-state index in [1.807, 2.05) is 48.5 Å². The van der Waals surface area contributed by atoms with E-state index in [2.05, 4.69) is 5.32 Å². The number of aliphatic carboxylic acids is 1. The monoisotopic (exact) mass is 414 g/mol. The summed E-state index contributed by atoms with van der Waals surface area (Å²) in [6, 6.07) is 17.5. The molecule has 2 amide bonds. The van der Waals surface area contributed by atoms with Crippen molar-refractivity contribution >= 4 is 18.5 Å². The van der Waals surface area contributed by atoms with Crippen LogP contribution in [0.3, 0.4) is 0 Å². The molecule has 0 spiro atoms. The first-order valence-corrected chi connectivity index (χ1v) is 9.67. The van der Waals surface area contributed by atoms with Gasteiger partial charge in [0.05, 0.1) is 0 Å². The van der Waals surface area contributed by atoms with Crippen molar-refractivity contribution in [3.8, 4) is 0 Å². The van der Waals surface area contributed by atoms with Gasteiger partial charge in [0.25, 0.3) is 0 Å². The Labute approximate surface area is 175 Å². The van der Waals surface area contributed by atoms with Gasteiger partial charge in [-0.3, -0.25) is 9.63 Å². The molecule has 2 aromatic rings. The second-order valence-corrected chi connectivity index (χ2v) is 6.60. The standard InChI is InChI=1S/C22H26N2O6/c25-17-24(30-16-19-11-5-2-6-12-19)14-8-7-13-20(21(26)27)23-22(28)29-15-18-9-3-1-4-10-18/h1-6,9-12,17,20H,7-8,13-16H2,(H,23,28)(H,26,27)/t20-/m1/s1. The lowest BCUT2D eigenvalue weighted by atomic mass is 10.1. The summed E-state index contributed by atoms with van der Waals surface area (Å²) in [7, 11) is 0. The van der Waals surface area contributed by atoms with E-state index in [0.29, 0.717) is 25.8 Å². The highest BCUT2D eigenvalue weighted by molar-refractivity contribution is 5.79. The smallest absolute Gasteiger partial charge is 0.408 e. The van der Waals surface area contributed by atoms with Gasteiger partial charge in [-0.1, -0.05) is 60.7 Å². The van der Waals surface area contributed by atoms with Crippen molar-refractivity contribution in [1.29, 1.82) is 0 Å². The van der Waals surface area contributed by atoms with Gasteiger partial charge in [0.1, 0.15) is 19.3 Å². The molecule has 1 atom stereocenters. The molecule has 0 unspecified atom stereocenters. The number of hydrogen-bond acceptors (Lipinski definition) is 5. The maximum absolute atomic E-state index is 11.9. The molecule has 0 saturated carbocycles. The Hall–Kier alpha value is -3.39. The molecule has 0 heterocycles. The Balaban J connectivity index is 1.67. The first-order chi connectivity index (χ1) is 14.6. The van der Waals surface area contributed by atoms with E-state index in [1.165, 1.54) is 5.06 Å². The van der Waals surface area contributed by atoms with Gasteiger partial charge in [0.15, 0.2) is 0 Å². The van der Waals surface area contributed by atoms with Crippen molar-refractivity contribution in [1.82, 2.24) is 10.4 Å². The number of carbonyl (C=O) groups is 3. The fourth-order valence-electron chi connectivity index (χ4n) is 2.66. The molecule has 0 saturated heterocycles. The summed E-state index contributed by atoms with van der Waals surface area (Å²) < 4.78 is 5.06. The van der Waals surface area contributed by atoms with Crippen molar-refractivity contribution in [3.05, 3.63) is 71.8 Å². The minimum atomic E-state index is -1.14. The lowest BCUT2D eigenvalue weighted by molar-refractivity contribution is -0.177. The summed E-state index contributed by atoms with van der Waals surface area (Å²) in [6.07, 6.45) is 1.03. The number of amides is 2. The highest BCUT2D eigenvalue weighted by atomic mass is 16.7. The second-order valence-electron chi connectivity index (χ2n) is 6.60. The maximum atomic E-state index is 11.9. The number of hydroxylamine groups is 2. The third-order valence-corrected chi connectivity index (χ3v) is 4.28. The molecule has 0 bridgehead atoms. The van der Waals surface area contributed by atoms with Crippen LogP contribution in [0.1, 0.15) is 30.4 Å². The first-order valence-electron chi connectivity index (χ1n) is 9.67. The molecular formula is C22H26N2O6. The van der Waals surface area contributed by atoms with Crippen LogP contribution in [0.4, 0.5) is 4.79 Å². The van der Waals surface area contributed by atoms with Crippen molar-refractivity contribution in [2.45, 2.75) is 38.5 Å². The summed E-state index contributed by atoms with van der Waals surface area (Å²) >= 11 is 0. The third-order valence-electron chi connectivity index (χ3n) is 4.28. The fraction of sp³-hybridized carbons (Fsp3) is 0.318. The van der Waals surface area contributed by atoms with Gasteiger partial charge < -0.3 is 15.2 Å². The van der Waals surface area contributed by atoms with Crippen LogP contribution >= 0.6 is 0 Å². The topological polar surface area (TPSA) is 105 Å². The molecule has 0 aromatic heterocycles. The summed E-state index contributed by atoms with van der Waals surface area (Å²) in [5.74, 6) is -1.14. The predicted octanol–water partition coefficient (Wildman–Crippen LogP) is 3.13. The first kappa shape index (κ1) is 22.9. The highest BCUT2D eigenvalue weighted by Crippen LogP contribution is 2.07. The number of hydrogen-bond donors (Lipinski definition) is 2. The van der Waals surface area contributed by atoms with E-state index in [0.717, 1.165) is 11.1 Å². The zero-order valence-electron chi connectivity index (χ0n) is 16.6. The minimum absolute atomic E-state index is 0.0616. The Morgan fingerprint density at radius 3 is 2.13 bits per heavy atom. The summed E-state index contributed by atoms with van der Waals surface area (Å²) in [4.78, 5) is 39.8. The van der Waals surface area contributed by atoms with E-state index in [-0.39, 0.29) is 19.6 Å². The van der Waals surface area contributed by atoms with Crippen LogP contribution < -0.4 is 5.32 Å². The molecule has 30 heavy (non-hydrogen) atoms. The van der Waals surface area contributed by atoms with Crippen LogP contribution in [0.2, 0.25) is 0 Å². The molecule has 160 valence electrons. The average molecular weight is 414 g/mol. The zero-order chi connectivity index (χ0) is 21.6. The zero-order valence-corrected chi connectivity index (χ0v) is 16.6. The molecule has 0 aliphatic heterocycles. The number of unbranched alkanes of at least 4 members (excludes halogenated alkanes) is 1. The van der Waals surface area contributed by atoms with Gasteiger partial charge in [-0.2, -0.15) is 0 Å². The fourth-order valence-corrected chi connectivity index (χ4v) is 2.66. The Bertz CT molecular complexity index is 785. The van der Waals surface area contributed by atoms with E-state index >= 15 is 0 Å². The van der Waals surface area contributed by atoms with Gasteiger partial charge in [-0.25, -0.2) is 14.7 Å². The van der Waals surface area contributed by atoms with Crippen LogP contribution in [-0.2, 0) is 32.4 Å². The molecule has 0 aliphatic rings. The molecule has 2 rings (SSSR count). The predicted molar refractivity (Wildman–Crippen MR) is 109 cm³/mol. The summed E-state index contributed by atoms with van der Waals surface area (Å²) in [6.45, 7) is 0.652. The number of ether oxygens (including phenoxy) is 1. The largest absolute Gasteiger partial charge is 0.480 e. The quantitative estimate of drug-likeness (QED) is 0.296. The second kappa shape index (κ2) is 12.9. The molecular weight excluding hydrogens is 388 g/mol. The molecule has 0 fully saturated rings. The van der Waals surface area contributed by atoms with E-state index < -0.39 is 18.1 Å². The number of carboxylic acid groups (broad SMARTS) is 1. The van der Waals surface area contributed by atoms with E-state index in [4.69, 9.17) is 9.57 Å². The van der Waals surface area contributed by atoms with Crippen LogP contribution in [0, 0.1) is 0 Å². The van der Waals surface area contributed by atoms with Crippen molar-refractivity contribution in [2.24, 2.45) is 0 Å². The van der Waals surface area contributed by atoms with Crippen LogP contribution in [0.25, 0.3) is 0 Å². The van der Waals surface area contributed by atoms with E-state index in [9.17, 15) is 19.5 Å². The van der Waals surface area contributed by atoms with E-state index in [1.54, 1.807) is 12.1 Å². The van der Waals surface area contributed by atoms with Gasteiger partial charge in [-0.05, 0) is 30.4 Å². The number of nitrogens with zero attached hydrogens (tertiary/aromatic N) is 1. The van der Waals surface area contributed by atoms with Gasteiger partial charge in [0.2, 0.25) is 6.41 Å². The van der Waals surface area contributed by atoms with Crippen LogP contribution in [0.15, 0.2) is 60.7 Å². The number of nitrogens with one attached hydrogen (secondary N) is 1. The molecule has 0 radical (unpaired) electrons. The van der Waals surface area contributed by atoms with Crippen molar-refractivity contribution < 1.29 is 29.1 Å². The number of carboxylic acids is 1. The lowest BCUT2D eigenvalue weighted by Crippen LogP contribution is -2.41. The summed E-state index contributed by atoms with van der Waals surface area (Å²) in [5, 5.41) is 12.9. The van der Waals surface area contributed by atoms with Crippen LogP contribution in [0.5, 0.6) is 0 Å². The number of carbonyl (C=O) groups excluding carboxylic acids is 2. The number of rotatable bonds is 13. The highest BCUT2D eigenvalue weighted by Gasteiger charge is 2.20. The summed E-state index contributed by atoms with van der Waals surface area (Å²) in [5.41, 5.74) is 1.75. The van der Waals surface area contributed by atoms with Gasteiger partial charge >= 0.3 is 12.1 Å². The Kier molecular flexibility index (Phi) is 9.88. The normalized spacial score (nSPS) is 11.3. The lowest BCUT2D eigenvalue weighted by Gasteiger charge is -2.18. The maximum Gasteiger partial charge on any atom is 0.408 e. The molecule has 8 nitrogen and oxygen atoms in total.